The maximum atomic E-state index is 12.7. The van der Waals surface area contributed by atoms with E-state index in [1.54, 1.807) is 18.2 Å². The maximum absolute atomic E-state index is 12.7. The fourth-order valence-electron chi connectivity index (χ4n) is 2.31. The van der Waals surface area contributed by atoms with Crippen molar-refractivity contribution in [2.45, 2.75) is 18.0 Å². The highest BCUT2D eigenvalue weighted by Crippen LogP contribution is 2.29. The number of anilines is 1. The molecule has 0 radical (unpaired) electrons. The Bertz CT molecular complexity index is 1010. The maximum Gasteiger partial charge on any atom is 0.392 e. The highest BCUT2D eigenvalue weighted by molar-refractivity contribution is 7.91. The SMILES string of the molecule is C[C@H](CS(=O)(=O)c1cc(C(=O)Nc2cccc(C#N)c2)n(C)c1)C(F)(F)F.S. The molecule has 1 heterocycles. The predicted molar refractivity (Wildman–Crippen MR) is 102 cm³/mol. The summed E-state index contributed by atoms with van der Waals surface area (Å²) in [5, 5.41) is 11.4. The van der Waals surface area contributed by atoms with Crippen molar-refractivity contribution in [1.29, 1.82) is 5.26 Å². The van der Waals surface area contributed by atoms with E-state index in [2.05, 4.69) is 5.32 Å². The zero-order valence-corrected chi connectivity index (χ0v) is 16.7. The van der Waals surface area contributed by atoms with E-state index < -0.39 is 33.6 Å². The van der Waals surface area contributed by atoms with Crippen molar-refractivity contribution in [1.82, 2.24) is 4.57 Å². The minimum atomic E-state index is -4.63. The van der Waals surface area contributed by atoms with Crippen molar-refractivity contribution in [2.24, 2.45) is 13.0 Å². The third kappa shape index (κ3) is 5.53. The van der Waals surface area contributed by atoms with Crippen LogP contribution in [0.25, 0.3) is 0 Å². The van der Waals surface area contributed by atoms with Gasteiger partial charge in [-0.15, -0.1) is 0 Å². The smallest absolute Gasteiger partial charge is 0.345 e. The van der Waals surface area contributed by atoms with Crippen LogP contribution in [0.4, 0.5) is 18.9 Å². The number of nitriles is 1. The first-order valence-corrected chi connectivity index (χ1v) is 9.36. The number of amides is 1. The number of alkyl halides is 3. The molecule has 0 saturated carbocycles. The van der Waals surface area contributed by atoms with Gasteiger partial charge in [0, 0.05) is 18.9 Å². The second-order valence-corrected chi connectivity index (χ2v) is 8.08. The summed E-state index contributed by atoms with van der Waals surface area (Å²) in [6.45, 7) is 0.788. The summed E-state index contributed by atoms with van der Waals surface area (Å²) in [5.74, 6) is -3.79. The lowest BCUT2D eigenvalue weighted by Crippen LogP contribution is -2.27. The standard InChI is InChI=1S/C17H16F3N3O3S.H2S/c1-11(17(18,19)20)10-27(25,26)14-7-15(23(2)9-14)16(24)22-13-5-3-4-12(6-13)8-21;/h3-7,9,11H,10H2,1-2H3,(H,22,24);1H2/t11-;/m1./s1. The molecule has 1 N–H and O–H groups in total. The van der Waals surface area contributed by atoms with E-state index in [9.17, 15) is 26.4 Å². The molecule has 0 aliphatic heterocycles. The van der Waals surface area contributed by atoms with Gasteiger partial charge < -0.3 is 9.88 Å². The molecule has 1 atom stereocenters. The van der Waals surface area contributed by atoms with Gasteiger partial charge in [0.15, 0.2) is 9.84 Å². The second kappa shape index (κ2) is 8.70. The molecule has 1 aromatic carbocycles. The first kappa shape index (κ1) is 23.6. The fourth-order valence-corrected chi connectivity index (χ4v) is 3.96. The molecule has 0 aliphatic rings. The topological polar surface area (TPSA) is 92.0 Å². The lowest BCUT2D eigenvalue weighted by atomic mass is 10.2. The normalized spacial score (nSPS) is 12.6. The Hall–Kier alpha value is -2.45. The Kier molecular flexibility index (Phi) is 7.33. The molecule has 0 aliphatic carbocycles. The molecule has 0 fully saturated rings. The van der Waals surface area contributed by atoms with Crippen LogP contribution in [-0.4, -0.2) is 30.8 Å². The Balaban J connectivity index is 0.00000392. The quantitative estimate of drug-likeness (QED) is 0.784. The summed E-state index contributed by atoms with van der Waals surface area (Å²) in [5.41, 5.74) is 0.607. The number of benzene rings is 1. The van der Waals surface area contributed by atoms with Gasteiger partial charge in [0.05, 0.1) is 28.2 Å². The minimum absolute atomic E-state index is 0. The second-order valence-electron chi connectivity index (χ2n) is 6.04. The number of hydrogen-bond donors (Lipinski definition) is 1. The molecule has 28 heavy (non-hydrogen) atoms. The molecular weight excluding hydrogens is 415 g/mol. The summed E-state index contributed by atoms with van der Waals surface area (Å²) >= 11 is 0. The van der Waals surface area contributed by atoms with Crippen molar-refractivity contribution in [3.63, 3.8) is 0 Å². The number of carbonyl (C=O) groups is 1. The Morgan fingerprint density at radius 2 is 1.96 bits per heavy atom. The number of halogens is 3. The van der Waals surface area contributed by atoms with Crippen LogP contribution >= 0.6 is 13.5 Å². The van der Waals surface area contributed by atoms with E-state index in [-0.39, 0.29) is 24.1 Å². The molecule has 6 nitrogen and oxygen atoms in total. The van der Waals surface area contributed by atoms with Gasteiger partial charge in [-0.25, -0.2) is 8.42 Å². The van der Waals surface area contributed by atoms with E-state index in [1.807, 2.05) is 6.07 Å². The lowest BCUT2D eigenvalue weighted by molar-refractivity contribution is -0.163. The van der Waals surface area contributed by atoms with Crippen LogP contribution in [0.15, 0.2) is 41.4 Å². The van der Waals surface area contributed by atoms with Crippen LogP contribution in [0.3, 0.4) is 0 Å². The minimum Gasteiger partial charge on any atom is -0.345 e. The number of sulfone groups is 1. The summed E-state index contributed by atoms with van der Waals surface area (Å²) in [4.78, 5) is 12.0. The summed E-state index contributed by atoms with van der Waals surface area (Å²) in [6, 6.07) is 9.04. The fraction of sp³-hybridized carbons (Fsp3) is 0.294. The van der Waals surface area contributed by atoms with E-state index >= 15 is 0 Å². The Labute approximate surface area is 167 Å². The molecule has 1 aromatic heterocycles. The van der Waals surface area contributed by atoms with E-state index in [4.69, 9.17) is 5.26 Å². The van der Waals surface area contributed by atoms with Crippen LogP contribution in [0.5, 0.6) is 0 Å². The van der Waals surface area contributed by atoms with Gasteiger partial charge in [0.2, 0.25) is 0 Å². The van der Waals surface area contributed by atoms with Crippen molar-refractivity contribution < 1.29 is 26.4 Å². The van der Waals surface area contributed by atoms with Crippen LogP contribution in [0, 0.1) is 17.2 Å². The third-order valence-corrected chi connectivity index (χ3v) is 5.73. The molecule has 0 saturated heterocycles. The van der Waals surface area contributed by atoms with Gasteiger partial charge in [-0.2, -0.15) is 31.9 Å². The Morgan fingerprint density at radius 1 is 1.32 bits per heavy atom. The highest BCUT2D eigenvalue weighted by atomic mass is 32.2. The molecule has 152 valence electrons. The van der Waals surface area contributed by atoms with E-state index in [0.29, 0.717) is 11.3 Å². The molecule has 11 heteroatoms. The van der Waals surface area contributed by atoms with Gasteiger partial charge in [-0.05, 0) is 24.3 Å². The van der Waals surface area contributed by atoms with Gasteiger partial charge in [-0.1, -0.05) is 13.0 Å². The first-order valence-electron chi connectivity index (χ1n) is 7.71. The van der Waals surface area contributed by atoms with Gasteiger partial charge in [0.25, 0.3) is 5.91 Å². The molecule has 2 rings (SSSR count). The average molecular weight is 433 g/mol. The van der Waals surface area contributed by atoms with Crippen LogP contribution in [-0.2, 0) is 16.9 Å². The van der Waals surface area contributed by atoms with Crippen molar-refractivity contribution >= 4 is 34.9 Å². The predicted octanol–water partition coefficient (Wildman–Crippen LogP) is 3.23. The number of nitrogens with one attached hydrogen (secondary N) is 1. The molecule has 0 bridgehead atoms. The van der Waals surface area contributed by atoms with Crippen molar-refractivity contribution in [3.05, 3.63) is 47.8 Å². The lowest BCUT2D eigenvalue weighted by Gasteiger charge is -2.14. The largest absolute Gasteiger partial charge is 0.392 e. The van der Waals surface area contributed by atoms with Crippen LogP contribution in [0.1, 0.15) is 23.0 Å². The molecule has 0 unspecified atom stereocenters. The summed E-state index contributed by atoms with van der Waals surface area (Å²) in [6.07, 6.45) is -3.53. The number of rotatable bonds is 5. The highest BCUT2D eigenvalue weighted by Gasteiger charge is 2.39. The average Bonchev–Trinajstić information content (AvgIpc) is 2.96. The van der Waals surface area contributed by atoms with Crippen LogP contribution < -0.4 is 5.32 Å². The molecule has 1 amide bonds. The molecular formula is C17H18F3N3O3S2. The molecule has 0 spiro atoms. The van der Waals surface area contributed by atoms with E-state index in [0.717, 1.165) is 19.2 Å². The summed E-state index contributed by atoms with van der Waals surface area (Å²) in [7, 11) is -2.82. The van der Waals surface area contributed by atoms with Crippen LogP contribution in [0.2, 0.25) is 0 Å². The van der Waals surface area contributed by atoms with Gasteiger partial charge in [-0.3, -0.25) is 4.79 Å². The summed E-state index contributed by atoms with van der Waals surface area (Å²) < 4.78 is 63.7. The number of aryl methyl sites for hydroxylation is 1. The monoisotopic (exact) mass is 433 g/mol. The number of nitrogens with zero attached hydrogens (tertiary/aromatic N) is 2. The van der Waals surface area contributed by atoms with Crippen molar-refractivity contribution in [2.75, 3.05) is 11.1 Å². The zero-order chi connectivity index (χ0) is 20.4. The number of aromatic nitrogens is 1. The van der Waals surface area contributed by atoms with Gasteiger partial charge >= 0.3 is 6.18 Å². The number of hydrogen-bond acceptors (Lipinski definition) is 4. The Morgan fingerprint density at radius 3 is 2.54 bits per heavy atom. The van der Waals surface area contributed by atoms with Gasteiger partial charge in [0.1, 0.15) is 5.69 Å². The third-order valence-electron chi connectivity index (χ3n) is 3.85. The molecule has 2 aromatic rings. The van der Waals surface area contributed by atoms with E-state index in [1.165, 1.54) is 17.7 Å². The zero-order valence-electron chi connectivity index (χ0n) is 14.9. The first-order chi connectivity index (χ1) is 12.4. The number of carbonyl (C=O) groups excluding carboxylic acids is 1. The van der Waals surface area contributed by atoms with Crippen molar-refractivity contribution in [3.8, 4) is 6.07 Å².